The third kappa shape index (κ3) is 3.85. The van der Waals surface area contributed by atoms with E-state index in [2.05, 4.69) is 25.9 Å². The van der Waals surface area contributed by atoms with Gasteiger partial charge in [0.1, 0.15) is 18.2 Å². The van der Waals surface area contributed by atoms with Crippen LogP contribution in [-0.2, 0) is 6.61 Å². The number of benzene rings is 3. The number of aromatic amines is 1. The summed E-state index contributed by atoms with van der Waals surface area (Å²) in [5, 5.41) is 9.09. The summed E-state index contributed by atoms with van der Waals surface area (Å²) in [6, 6.07) is 20.5. The van der Waals surface area contributed by atoms with E-state index in [1.807, 2.05) is 48.5 Å². The number of hydrogen-bond acceptors (Lipinski definition) is 3. The Balaban J connectivity index is 1.50. The second kappa shape index (κ2) is 7.25. The predicted molar refractivity (Wildman–Crippen MR) is 107 cm³/mol. The van der Waals surface area contributed by atoms with E-state index >= 15 is 0 Å². The third-order valence-electron chi connectivity index (χ3n) is 4.18. The van der Waals surface area contributed by atoms with Crippen molar-refractivity contribution in [1.82, 2.24) is 9.97 Å². The van der Waals surface area contributed by atoms with Crippen LogP contribution < -0.4 is 4.74 Å². The molecule has 1 heterocycles. The van der Waals surface area contributed by atoms with Crippen molar-refractivity contribution in [2.75, 3.05) is 0 Å². The molecule has 3 aromatic carbocycles. The number of H-pyrrole nitrogens is 1. The Kier molecular flexibility index (Phi) is 4.64. The van der Waals surface area contributed by atoms with Crippen LogP contribution in [0.25, 0.3) is 22.4 Å². The number of halogens is 1. The van der Waals surface area contributed by atoms with Crippen LogP contribution in [-0.4, -0.2) is 21.0 Å². The van der Waals surface area contributed by atoms with Gasteiger partial charge < -0.3 is 14.8 Å². The standard InChI is InChI=1S/C21H15BrN2O3/c22-16-6-1-13(2-7-16)12-27-17-8-3-14(4-9-17)20-23-18-10-5-15(21(25)26)11-19(18)24-20/h1-11H,12H2,(H,23,24)(H,25,26). The minimum absolute atomic E-state index is 0.231. The van der Waals surface area contributed by atoms with Gasteiger partial charge in [-0.2, -0.15) is 0 Å². The molecule has 4 rings (SSSR count). The largest absolute Gasteiger partial charge is 0.489 e. The van der Waals surface area contributed by atoms with Gasteiger partial charge in [0.05, 0.1) is 16.6 Å². The lowest BCUT2D eigenvalue weighted by molar-refractivity contribution is 0.0697. The molecule has 0 saturated carbocycles. The normalized spacial score (nSPS) is 10.9. The van der Waals surface area contributed by atoms with Crippen LogP contribution in [0.2, 0.25) is 0 Å². The first-order valence-electron chi connectivity index (χ1n) is 8.29. The number of aromatic carboxylic acids is 1. The fourth-order valence-corrected chi connectivity index (χ4v) is 3.00. The number of fused-ring (bicyclic) bond motifs is 1. The van der Waals surface area contributed by atoms with Crippen LogP contribution in [0.3, 0.4) is 0 Å². The number of hydrogen-bond donors (Lipinski definition) is 2. The summed E-state index contributed by atoms with van der Waals surface area (Å²) in [5.74, 6) is 0.498. The van der Waals surface area contributed by atoms with E-state index in [4.69, 9.17) is 9.84 Å². The first kappa shape index (κ1) is 17.3. The predicted octanol–water partition coefficient (Wildman–Crippen LogP) is 5.27. The summed E-state index contributed by atoms with van der Waals surface area (Å²) < 4.78 is 6.85. The van der Waals surface area contributed by atoms with E-state index in [0.29, 0.717) is 17.9 Å². The van der Waals surface area contributed by atoms with Crippen molar-refractivity contribution >= 4 is 32.9 Å². The number of carboxylic acid groups (broad SMARTS) is 1. The van der Waals surface area contributed by atoms with Crippen LogP contribution in [0, 0.1) is 0 Å². The number of carboxylic acids is 1. The number of rotatable bonds is 5. The fraction of sp³-hybridized carbons (Fsp3) is 0.0476. The molecule has 27 heavy (non-hydrogen) atoms. The van der Waals surface area contributed by atoms with Gasteiger partial charge in [-0.05, 0) is 60.2 Å². The molecule has 0 unspecified atom stereocenters. The molecule has 0 bridgehead atoms. The number of imidazole rings is 1. The topological polar surface area (TPSA) is 75.2 Å². The van der Waals surface area contributed by atoms with Gasteiger partial charge in [0.15, 0.2) is 0 Å². The van der Waals surface area contributed by atoms with Crippen LogP contribution in [0.1, 0.15) is 15.9 Å². The summed E-state index contributed by atoms with van der Waals surface area (Å²) in [7, 11) is 0. The highest BCUT2D eigenvalue weighted by Crippen LogP contribution is 2.24. The van der Waals surface area contributed by atoms with E-state index in [9.17, 15) is 4.79 Å². The zero-order chi connectivity index (χ0) is 18.8. The molecule has 0 atom stereocenters. The lowest BCUT2D eigenvalue weighted by Crippen LogP contribution is -1.95. The molecule has 5 nitrogen and oxygen atoms in total. The summed E-state index contributed by atoms with van der Waals surface area (Å²) >= 11 is 3.42. The zero-order valence-corrected chi connectivity index (χ0v) is 15.7. The molecule has 0 aliphatic heterocycles. The van der Waals surface area contributed by atoms with Gasteiger partial charge in [0.2, 0.25) is 0 Å². The van der Waals surface area contributed by atoms with Crippen LogP contribution in [0.5, 0.6) is 5.75 Å². The van der Waals surface area contributed by atoms with Gasteiger partial charge in [-0.3, -0.25) is 0 Å². The first-order chi connectivity index (χ1) is 13.1. The van der Waals surface area contributed by atoms with E-state index in [0.717, 1.165) is 26.9 Å². The Morgan fingerprint density at radius 3 is 2.48 bits per heavy atom. The lowest BCUT2D eigenvalue weighted by Gasteiger charge is -2.07. The van der Waals surface area contributed by atoms with Crippen molar-refractivity contribution in [1.29, 1.82) is 0 Å². The highest BCUT2D eigenvalue weighted by atomic mass is 79.9. The van der Waals surface area contributed by atoms with Gasteiger partial charge in [-0.1, -0.05) is 28.1 Å². The molecule has 0 radical (unpaired) electrons. The molecule has 0 aliphatic carbocycles. The smallest absolute Gasteiger partial charge is 0.335 e. The molecular weight excluding hydrogens is 408 g/mol. The van der Waals surface area contributed by atoms with Crippen molar-refractivity contribution in [2.45, 2.75) is 6.61 Å². The van der Waals surface area contributed by atoms with E-state index in [1.54, 1.807) is 18.2 Å². The monoisotopic (exact) mass is 422 g/mol. The molecule has 0 fully saturated rings. The molecule has 1 aromatic heterocycles. The molecule has 0 saturated heterocycles. The number of carbonyl (C=O) groups is 1. The van der Waals surface area contributed by atoms with Crippen molar-refractivity contribution in [2.24, 2.45) is 0 Å². The van der Waals surface area contributed by atoms with Crippen LogP contribution in [0.15, 0.2) is 71.2 Å². The Hall–Kier alpha value is -3.12. The Labute approximate surface area is 163 Å². The van der Waals surface area contributed by atoms with Gasteiger partial charge in [0.25, 0.3) is 0 Å². The minimum Gasteiger partial charge on any atom is -0.489 e. The van der Waals surface area contributed by atoms with Crippen molar-refractivity contribution < 1.29 is 14.6 Å². The second-order valence-corrected chi connectivity index (χ2v) is 6.98. The fourth-order valence-electron chi connectivity index (χ4n) is 2.74. The number of aromatic nitrogens is 2. The minimum atomic E-state index is -0.958. The summed E-state index contributed by atoms with van der Waals surface area (Å²) in [6.07, 6.45) is 0. The maximum atomic E-state index is 11.1. The molecule has 0 spiro atoms. The van der Waals surface area contributed by atoms with Crippen LogP contribution >= 0.6 is 15.9 Å². The molecule has 0 aliphatic rings. The highest BCUT2D eigenvalue weighted by Gasteiger charge is 2.09. The average Bonchev–Trinajstić information content (AvgIpc) is 3.11. The number of nitrogens with one attached hydrogen (secondary N) is 1. The van der Waals surface area contributed by atoms with Crippen LogP contribution in [0.4, 0.5) is 0 Å². The van der Waals surface area contributed by atoms with Gasteiger partial charge in [-0.15, -0.1) is 0 Å². The maximum Gasteiger partial charge on any atom is 0.335 e. The SMILES string of the molecule is O=C(O)c1ccc2nc(-c3ccc(OCc4ccc(Br)cc4)cc3)[nH]c2c1. The Morgan fingerprint density at radius 2 is 1.78 bits per heavy atom. The molecule has 134 valence electrons. The molecule has 2 N–H and O–H groups in total. The second-order valence-electron chi connectivity index (χ2n) is 6.06. The quantitative estimate of drug-likeness (QED) is 0.459. The zero-order valence-electron chi connectivity index (χ0n) is 14.1. The Morgan fingerprint density at radius 1 is 1.04 bits per heavy atom. The molecule has 6 heteroatoms. The number of nitrogens with zero attached hydrogens (tertiary/aromatic N) is 1. The highest BCUT2D eigenvalue weighted by molar-refractivity contribution is 9.10. The van der Waals surface area contributed by atoms with Crippen molar-refractivity contribution in [3.05, 3.63) is 82.3 Å². The van der Waals surface area contributed by atoms with Crippen molar-refractivity contribution in [3.8, 4) is 17.1 Å². The summed E-state index contributed by atoms with van der Waals surface area (Å²) in [5.41, 5.74) is 3.65. The van der Waals surface area contributed by atoms with E-state index in [1.165, 1.54) is 0 Å². The van der Waals surface area contributed by atoms with Gasteiger partial charge >= 0.3 is 5.97 Å². The molecular formula is C21H15BrN2O3. The van der Waals surface area contributed by atoms with Crippen molar-refractivity contribution in [3.63, 3.8) is 0 Å². The van der Waals surface area contributed by atoms with Gasteiger partial charge in [0, 0.05) is 10.0 Å². The molecule has 4 aromatic rings. The maximum absolute atomic E-state index is 11.1. The first-order valence-corrected chi connectivity index (χ1v) is 9.08. The lowest BCUT2D eigenvalue weighted by atomic mass is 10.2. The third-order valence-corrected chi connectivity index (χ3v) is 4.70. The molecule has 0 amide bonds. The van der Waals surface area contributed by atoms with E-state index in [-0.39, 0.29) is 5.56 Å². The summed E-state index contributed by atoms with van der Waals surface area (Å²) in [4.78, 5) is 18.8. The van der Waals surface area contributed by atoms with E-state index < -0.39 is 5.97 Å². The van der Waals surface area contributed by atoms with Gasteiger partial charge in [-0.25, -0.2) is 9.78 Å². The average molecular weight is 423 g/mol. The summed E-state index contributed by atoms with van der Waals surface area (Å²) in [6.45, 7) is 0.495. The number of ether oxygens (including phenoxy) is 1. The Bertz CT molecular complexity index is 1100.